The molecule has 5 heterocycles. The van der Waals surface area contributed by atoms with Crippen molar-refractivity contribution in [3.8, 4) is 17.3 Å². The molecule has 2 saturated heterocycles. The van der Waals surface area contributed by atoms with E-state index in [9.17, 15) is 9.59 Å². The van der Waals surface area contributed by atoms with Crippen LogP contribution < -0.4 is 15.4 Å². The van der Waals surface area contributed by atoms with Crippen LogP contribution in [0.4, 0.5) is 5.82 Å². The van der Waals surface area contributed by atoms with Gasteiger partial charge in [0.2, 0.25) is 0 Å². The van der Waals surface area contributed by atoms with Gasteiger partial charge >= 0.3 is 0 Å². The zero-order valence-electron chi connectivity index (χ0n) is 27.4. The minimum Gasteiger partial charge on any atom is -0.494 e. The van der Waals surface area contributed by atoms with Crippen LogP contribution in [0.25, 0.3) is 33.6 Å². The van der Waals surface area contributed by atoms with Crippen molar-refractivity contribution in [2.24, 2.45) is 30.5 Å². The Bertz CT molecular complexity index is 1850. The quantitative estimate of drug-likeness (QED) is 0.265. The minimum atomic E-state index is -0.00168. The topological polar surface area (TPSA) is 132 Å². The van der Waals surface area contributed by atoms with Crippen molar-refractivity contribution in [2.75, 3.05) is 38.3 Å². The molecule has 4 aliphatic rings. The molecular weight excluding hydrogens is 594 g/mol. The van der Waals surface area contributed by atoms with E-state index in [-0.39, 0.29) is 36.3 Å². The monoisotopic (exact) mass is 639 g/mol. The Balaban J connectivity index is 1.13. The third-order valence-corrected chi connectivity index (χ3v) is 11.3. The molecule has 47 heavy (non-hydrogen) atoms. The first-order valence-corrected chi connectivity index (χ1v) is 17.3. The van der Waals surface area contributed by atoms with E-state index in [1.807, 2.05) is 24.1 Å². The zero-order valence-corrected chi connectivity index (χ0v) is 27.4. The lowest BCUT2D eigenvalue weighted by molar-refractivity contribution is -0.123. The molecule has 2 unspecified atom stereocenters. The van der Waals surface area contributed by atoms with Crippen molar-refractivity contribution in [1.29, 1.82) is 0 Å². The summed E-state index contributed by atoms with van der Waals surface area (Å²) < 4.78 is 10.3. The minimum absolute atomic E-state index is 0.00168. The van der Waals surface area contributed by atoms with Crippen molar-refractivity contribution < 1.29 is 19.4 Å². The van der Waals surface area contributed by atoms with Crippen LogP contribution in [0.1, 0.15) is 61.7 Å². The van der Waals surface area contributed by atoms with Crippen molar-refractivity contribution in [3.05, 3.63) is 35.9 Å². The number of rotatable bonds is 10. The maximum Gasteiger partial charge on any atom is 0.254 e. The number of hydrogen-bond donors (Lipinski definition) is 2. The highest BCUT2D eigenvalue weighted by Gasteiger charge is 2.47. The Kier molecular flexibility index (Phi) is 7.71. The van der Waals surface area contributed by atoms with Crippen LogP contribution in [0.2, 0.25) is 0 Å². The lowest BCUT2D eigenvalue weighted by Crippen LogP contribution is -2.41. The number of imidazole rings is 1. The molecule has 4 fully saturated rings. The number of aliphatic hydroxyl groups is 1. The number of ketones is 1. The standard InChI is InChI=1S/C36H45N7O4/c1-40-33-26(16-25(18-30(33)47-2)36(46)43-20-24-7-9-27(43)32(24)37)38-35(40)28-17-23-8-10-31(39-34(23)42(28)19-21-5-6-21)41-13-11-22(12-14-41)29(45)4-3-15-44/h8,10,16-18,21-22,24,27,32,44H,3-7,9,11-15,19-20,37H2,1-2H3/t24?,27?,32-/m1/s1. The van der Waals surface area contributed by atoms with E-state index in [0.29, 0.717) is 36.0 Å². The lowest BCUT2D eigenvalue weighted by Gasteiger charge is -2.32. The third-order valence-electron chi connectivity index (χ3n) is 11.3. The second-order valence-corrected chi connectivity index (χ2v) is 14.2. The normalized spacial score (nSPS) is 23.0. The highest BCUT2D eigenvalue weighted by molar-refractivity contribution is 6.00. The number of carbonyl (C=O) groups excluding carboxylic acids is 2. The van der Waals surface area contributed by atoms with E-state index in [0.717, 1.165) is 91.3 Å². The van der Waals surface area contributed by atoms with Crippen molar-refractivity contribution in [2.45, 2.75) is 70.0 Å². The fraction of sp³-hybridized carbons (Fsp3) is 0.556. The molecule has 2 saturated carbocycles. The number of hydrogen-bond acceptors (Lipinski definition) is 8. The number of aliphatic hydroxyl groups excluding tert-OH is 1. The molecule has 0 radical (unpaired) electrons. The number of nitrogens with zero attached hydrogens (tertiary/aromatic N) is 6. The van der Waals surface area contributed by atoms with Crippen LogP contribution in [-0.2, 0) is 18.4 Å². The molecule has 2 aliphatic carbocycles. The molecular formula is C36H45N7O4. The SMILES string of the molecule is COc1cc(C(=O)N2CC3CCC2[C@@H]3N)cc2nc(-c3cc4ccc(N5CCC(C(=O)CCCO)CC5)nc4n3CC3CC3)n(C)c12. The van der Waals surface area contributed by atoms with Gasteiger partial charge in [-0.3, -0.25) is 9.59 Å². The zero-order chi connectivity index (χ0) is 32.4. The number of fused-ring (bicyclic) bond motifs is 4. The molecule has 2 aliphatic heterocycles. The molecule has 3 atom stereocenters. The van der Waals surface area contributed by atoms with Crippen LogP contribution in [-0.4, -0.2) is 86.2 Å². The van der Waals surface area contributed by atoms with Gasteiger partial charge in [0.05, 0.1) is 18.3 Å². The van der Waals surface area contributed by atoms with Gasteiger partial charge in [-0.25, -0.2) is 9.97 Å². The summed E-state index contributed by atoms with van der Waals surface area (Å²) in [6.07, 6.45) is 7.12. The number of pyridine rings is 1. The fourth-order valence-electron chi connectivity index (χ4n) is 8.38. The van der Waals surface area contributed by atoms with Gasteiger partial charge in [0.1, 0.15) is 28.5 Å². The summed E-state index contributed by atoms with van der Waals surface area (Å²) >= 11 is 0. The summed E-state index contributed by atoms with van der Waals surface area (Å²) in [7, 11) is 3.66. The average Bonchev–Trinajstić information content (AvgIpc) is 3.50. The first kappa shape index (κ1) is 30.4. The maximum atomic E-state index is 13.7. The number of piperidine rings is 2. The Morgan fingerprint density at radius 3 is 2.53 bits per heavy atom. The second kappa shape index (κ2) is 11.9. The van der Waals surface area contributed by atoms with Crippen molar-refractivity contribution in [3.63, 3.8) is 0 Å². The molecule has 11 nitrogen and oxygen atoms in total. The number of ether oxygens (including phenoxy) is 1. The number of amides is 1. The van der Waals surface area contributed by atoms with E-state index < -0.39 is 0 Å². The molecule has 1 aromatic carbocycles. The maximum absolute atomic E-state index is 13.7. The average molecular weight is 640 g/mol. The lowest BCUT2D eigenvalue weighted by atomic mass is 9.90. The molecule has 0 spiro atoms. The largest absolute Gasteiger partial charge is 0.494 e. The van der Waals surface area contributed by atoms with Gasteiger partial charge < -0.3 is 34.5 Å². The molecule has 4 aromatic rings. The van der Waals surface area contributed by atoms with Gasteiger partial charge in [0.25, 0.3) is 5.91 Å². The summed E-state index contributed by atoms with van der Waals surface area (Å²) in [4.78, 5) is 40.9. The molecule has 3 N–H and O–H groups in total. The van der Waals surface area contributed by atoms with Gasteiger partial charge in [-0.2, -0.15) is 0 Å². The number of Topliss-reactive ketones (excluding diaryl/α,β-unsaturated/α-hetero) is 1. The van der Waals surface area contributed by atoms with Gasteiger partial charge in [0, 0.05) is 75.2 Å². The first-order valence-electron chi connectivity index (χ1n) is 17.3. The molecule has 3 aromatic heterocycles. The van der Waals surface area contributed by atoms with E-state index in [4.69, 9.17) is 25.5 Å². The van der Waals surface area contributed by atoms with Gasteiger partial charge in [-0.15, -0.1) is 0 Å². The van der Waals surface area contributed by atoms with E-state index >= 15 is 0 Å². The van der Waals surface area contributed by atoms with Gasteiger partial charge in [-0.1, -0.05) is 0 Å². The number of likely N-dealkylation sites (tertiary alicyclic amines) is 1. The Morgan fingerprint density at radius 2 is 1.85 bits per heavy atom. The smallest absolute Gasteiger partial charge is 0.254 e. The summed E-state index contributed by atoms with van der Waals surface area (Å²) in [5.74, 6) is 3.72. The predicted octanol–water partition coefficient (Wildman–Crippen LogP) is 4.13. The molecule has 8 rings (SSSR count). The van der Waals surface area contributed by atoms with Crippen LogP contribution in [0, 0.1) is 17.8 Å². The highest BCUT2D eigenvalue weighted by atomic mass is 16.5. The predicted molar refractivity (Wildman–Crippen MR) is 181 cm³/mol. The summed E-state index contributed by atoms with van der Waals surface area (Å²) in [6, 6.07) is 10.4. The Morgan fingerprint density at radius 1 is 1.04 bits per heavy atom. The number of carbonyl (C=O) groups is 2. The number of aromatic nitrogens is 4. The Labute approximate surface area is 274 Å². The molecule has 2 bridgehead atoms. The molecule has 1 amide bonds. The third kappa shape index (κ3) is 5.27. The summed E-state index contributed by atoms with van der Waals surface area (Å²) in [6.45, 7) is 3.24. The summed E-state index contributed by atoms with van der Waals surface area (Å²) in [5, 5.41) is 10.2. The van der Waals surface area contributed by atoms with E-state index in [2.05, 4.69) is 32.2 Å². The number of benzene rings is 1. The Hall–Kier alpha value is -3.96. The summed E-state index contributed by atoms with van der Waals surface area (Å²) in [5.41, 5.74) is 10.5. The van der Waals surface area contributed by atoms with Crippen LogP contribution >= 0.6 is 0 Å². The van der Waals surface area contributed by atoms with E-state index in [1.54, 1.807) is 7.11 Å². The number of anilines is 1. The van der Waals surface area contributed by atoms with Crippen molar-refractivity contribution in [1.82, 2.24) is 24.0 Å². The van der Waals surface area contributed by atoms with Gasteiger partial charge in [-0.05, 0) is 87.1 Å². The van der Waals surface area contributed by atoms with Crippen LogP contribution in [0.15, 0.2) is 30.3 Å². The number of nitrogens with two attached hydrogens (primary N) is 1. The van der Waals surface area contributed by atoms with Crippen LogP contribution in [0.5, 0.6) is 5.75 Å². The molecule has 248 valence electrons. The van der Waals surface area contributed by atoms with Crippen molar-refractivity contribution >= 4 is 39.6 Å². The van der Waals surface area contributed by atoms with Gasteiger partial charge in [0.15, 0.2) is 5.82 Å². The number of methoxy groups -OCH3 is 1. The molecule has 11 heteroatoms. The van der Waals surface area contributed by atoms with E-state index in [1.165, 1.54) is 12.8 Å². The first-order chi connectivity index (χ1) is 22.8. The highest BCUT2D eigenvalue weighted by Crippen LogP contribution is 2.40. The number of aryl methyl sites for hydroxylation is 1. The second-order valence-electron chi connectivity index (χ2n) is 14.2. The van der Waals surface area contributed by atoms with Crippen LogP contribution in [0.3, 0.4) is 0 Å². The fourth-order valence-corrected chi connectivity index (χ4v) is 8.38.